The van der Waals surface area contributed by atoms with Crippen LogP contribution in [-0.4, -0.2) is 32.7 Å². The van der Waals surface area contributed by atoms with E-state index in [4.69, 9.17) is 4.43 Å². The molecule has 3 nitrogen and oxygen atoms in total. The minimum atomic E-state index is -0.645. The fourth-order valence-electron chi connectivity index (χ4n) is 3.49. The van der Waals surface area contributed by atoms with Crippen LogP contribution in [0.25, 0.3) is 0 Å². The van der Waals surface area contributed by atoms with Crippen LogP contribution in [0, 0.1) is 11.8 Å². The second kappa shape index (κ2) is 7.01. The molecule has 1 saturated heterocycles. The first-order chi connectivity index (χ1) is 11.0. The summed E-state index contributed by atoms with van der Waals surface area (Å²) in [5, 5.41) is 0.264. The van der Waals surface area contributed by atoms with Crippen molar-refractivity contribution in [1.82, 2.24) is 4.90 Å². The van der Waals surface area contributed by atoms with Crippen molar-refractivity contribution in [2.75, 3.05) is 6.54 Å². The van der Waals surface area contributed by atoms with E-state index in [2.05, 4.69) is 60.6 Å². The summed E-state index contributed by atoms with van der Waals surface area (Å²) >= 11 is 0. The molecule has 1 aliphatic rings. The van der Waals surface area contributed by atoms with Crippen LogP contribution < -0.4 is 0 Å². The number of hydrogen-bond donors (Lipinski definition) is 0. The van der Waals surface area contributed by atoms with Gasteiger partial charge in [-0.15, -0.1) is 0 Å². The van der Waals surface area contributed by atoms with E-state index >= 15 is 0 Å². The zero-order valence-corrected chi connectivity index (χ0v) is 17.7. The number of carbonyl (C=O) groups excluding carboxylic acids is 1. The zero-order chi connectivity index (χ0) is 18.1. The lowest BCUT2D eigenvalue weighted by molar-refractivity contribution is -0.132. The van der Waals surface area contributed by atoms with Crippen molar-refractivity contribution in [2.45, 2.75) is 65.1 Å². The van der Waals surface area contributed by atoms with Crippen molar-refractivity contribution in [3.8, 4) is 0 Å². The molecule has 4 heteroatoms. The molecule has 0 unspecified atom stereocenters. The van der Waals surface area contributed by atoms with E-state index in [0.29, 0.717) is 0 Å². The van der Waals surface area contributed by atoms with E-state index in [9.17, 15) is 4.79 Å². The highest BCUT2D eigenvalue weighted by molar-refractivity contribution is 6.31. The quantitative estimate of drug-likeness (QED) is 0.755. The Hall–Kier alpha value is -1.13. The Labute approximate surface area is 149 Å². The van der Waals surface area contributed by atoms with E-state index in [1.54, 1.807) is 0 Å². The second-order valence-corrected chi connectivity index (χ2v) is 11.6. The van der Waals surface area contributed by atoms with Gasteiger partial charge in [0.1, 0.15) is 0 Å². The van der Waals surface area contributed by atoms with Gasteiger partial charge in [-0.05, 0) is 31.4 Å². The van der Waals surface area contributed by atoms with E-state index in [0.717, 1.165) is 6.54 Å². The number of carbonyl (C=O) groups is 1. The lowest BCUT2D eigenvalue weighted by Gasteiger charge is -2.36. The van der Waals surface area contributed by atoms with Crippen molar-refractivity contribution in [1.29, 1.82) is 0 Å². The van der Waals surface area contributed by atoms with Crippen molar-refractivity contribution < 1.29 is 9.22 Å². The van der Waals surface area contributed by atoms with E-state index < -0.39 is 9.76 Å². The molecule has 0 bridgehead atoms. The molecule has 1 aromatic rings. The molecule has 24 heavy (non-hydrogen) atoms. The monoisotopic (exact) mass is 347 g/mol. The fraction of sp³-hybridized carbons (Fsp3) is 0.650. The van der Waals surface area contributed by atoms with Gasteiger partial charge in [-0.2, -0.15) is 0 Å². The normalized spacial score (nSPS) is 24.1. The van der Waals surface area contributed by atoms with Crippen LogP contribution in [0.3, 0.4) is 0 Å². The molecule has 0 radical (unpaired) electrons. The molecule has 1 fully saturated rings. The largest absolute Gasteiger partial charge is 0.418 e. The van der Waals surface area contributed by atoms with Gasteiger partial charge in [0.25, 0.3) is 0 Å². The summed E-state index contributed by atoms with van der Waals surface area (Å²) in [6.45, 7) is 16.0. The van der Waals surface area contributed by atoms with Gasteiger partial charge in [-0.1, -0.05) is 58.0 Å². The molecule has 1 aliphatic heterocycles. The van der Waals surface area contributed by atoms with Crippen LogP contribution in [0.15, 0.2) is 30.3 Å². The molecule has 2 rings (SSSR count). The SMILES string of the molecule is C[C@H](c1ccccc1)N1C[C@H](C(C)(C)O[SiH2]C(C)(C)C)[C@@H](C)C1=O. The summed E-state index contributed by atoms with van der Waals surface area (Å²) in [6.07, 6.45) is 0. The smallest absolute Gasteiger partial charge is 0.226 e. The molecule has 134 valence electrons. The number of likely N-dealkylation sites (tertiary alicyclic amines) is 1. The minimum Gasteiger partial charge on any atom is -0.418 e. The minimum absolute atomic E-state index is 0.0140. The number of hydrogen-bond acceptors (Lipinski definition) is 2. The molecular formula is C20H33NO2Si. The highest BCUT2D eigenvalue weighted by Crippen LogP contribution is 2.39. The Bertz CT molecular complexity index is 565. The first-order valence-corrected chi connectivity index (χ1v) is 10.3. The van der Waals surface area contributed by atoms with Crippen LogP contribution in [0.2, 0.25) is 5.04 Å². The van der Waals surface area contributed by atoms with Gasteiger partial charge in [-0.3, -0.25) is 4.79 Å². The summed E-state index contributed by atoms with van der Waals surface area (Å²) in [5.74, 6) is 0.511. The Morgan fingerprint density at radius 1 is 1.17 bits per heavy atom. The number of amides is 1. The van der Waals surface area contributed by atoms with Crippen LogP contribution in [0.4, 0.5) is 0 Å². The van der Waals surface area contributed by atoms with Crippen molar-refractivity contribution in [3.63, 3.8) is 0 Å². The summed E-state index contributed by atoms with van der Waals surface area (Å²) in [7, 11) is -0.645. The fourth-order valence-corrected chi connectivity index (χ4v) is 4.50. The van der Waals surface area contributed by atoms with Crippen LogP contribution >= 0.6 is 0 Å². The van der Waals surface area contributed by atoms with Gasteiger partial charge < -0.3 is 9.33 Å². The maximum atomic E-state index is 12.9. The average molecular weight is 348 g/mol. The predicted octanol–water partition coefficient (Wildman–Crippen LogP) is 3.94. The molecule has 1 heterocycles. The molecule has 0 aromatic heterocycles. The highest BCUT2D eigenvalue weighted by Gasteiger charge is 2.47. The van der Waals surface area contributed by atoms with E-state index in [1.807, 2.05) is 23.1 Å². The van der Waals surface area contributed by atoms with Gasteiger partial charge in [0.15, 0.2) is 9.76 Å². The molecule has 0 spiro atoms. The predicted molar refractivity (Wildman–Crippen MR) is 103 cm³/mol. The van der Waals surface area contributed by atoms with Crippen molar-refractivity contribution in [2.24, 2.45) is 11.8 Å². The van der Waals surface area contributed by atoms with Crippen LogP contribution in [0.1, 0.15) is 60.1 Å². The molecule has 0 aliphatic carbocycles. The molecule has 1 aromatic carbocycles. The molecular weight excluding hydrogens is 314 g/mol. The Morgan fingerprint density at radius 3 is 2.29 bits per heavy atom. The number of benzene rings is 1. The van der Waals surface area contributed by atoms with Gasteiger partial charge in [0.2, 0.25) is 5.91 Å². The Balaban J connectivity index is 2.13. The van der Waals surface area contributed by atoms with E-state index in [-0.39, 0.29) is 34.4 Å². The molecule has 1 amide bonds. The summed E-state index contributed by atoms with van der Waals surface area (Å²) in [4.78, 5) is 14.9. The van der Waals surface area contributed by atoms with Crippen LogP contribution in [-0.2, 0) is 9.22 Å². The zero-order valence-electron chi connectivity index (χ0n) is 16.3. The molecule has 3 atom stereocenters. The summed E-state index contributed by atoms with van der Waals surface area (Å²) < 4.78 is 6.39. The summed E-state index contributed by atoms with van der Waals surface area (Å²) in [5.41, 5.74) is 0.946. The lowest BCUT2D eigenvalue weighted by atomic mass is 9.83. The first-order valence-electron chi connectivity index (χ1n) is 9.02. The third kappa shape index (κ3) is 4.28. The van der Waals surface area contributed by atoms with Crippen molar-refractivity contribution in [3.05, 3.63) is 35.9 Å². The van der Waals surface area contributed by atoms with Crippen molar-refractivity contribution >= 4 is 15.7 Å². The van der Waals surface area contributed by atoms with Gasteiger partial charge >= 0.3 is 0 Å². The molecule has 0 saturated carbocycles. The summed E-state index contributed by atoms with van der Waals surface area (Å²) in [6, 6.07) is 10.4. The Morgan fingerprint density at radius 2 is 1.75 bits per heavy atom. The average Bonchev–Trinajstić information content (AvgIpc) is 2.82. The lowest BCUT2D eigenvalue weighted by Crippen LogP contribution is -2.41. The first kappa shape index (κ1) is 19.2. The number of nitrogens with zero attached hydrogens (tertiary/aromatic N) is 1. The van der Waals surface area contributed by atoms with E-state index in [1.165, 1.54) is 5.56 Å². The van der Waals surface area contributed by atoms with Crippen LogP contribution in [0.5, 0.6) is 0 Å². The van der Waals surface area contributed by atoms with Gasteiger partial charge in [-0.25, -0.2) is 0 Å². The maximum Gasteiger partial charge on any atom is 0.226 e. The number of rotatable bonds is 5. The molecule has 0 N–H and O–H groups in total. The standard InChI is InChI=1S/C20H33NO2Si/c1-14-17(20(6,7)23-24-19(3,4)5)13-21(18(14)22)15(2)16-11-9-8-10-12-16/h8-12,14-15,17H,13,24H2,1-7H3/t14-,15-,17+/m1/s1. The maximum absolute atomic E-state index is 12.9. The Kier molecular flexibility index (Phi) is 5.60. The third-order valence-electron chi connectivity index (χ3n) is 5.19. The second-order valence-electron chi connectivity index (χ2n) is 8.93. The van der Waals surface area contributed by atoms with Gasteiger partial charge in [0.05, 0.1) is 11.6 Å². The third-order valence-corrected chi connectivity index (χ3v) is 6.94. The topological polar surface area (TPSA) is 29.5 Å². The highest BCUT2D eigenvalue weighted by atomic mass is 28.2. The van der Waals surface area contributed by atoms with Gasteiger partial charge in [0, 0.05) is 18.4 Å².